The van der Waals surface area contributed by atoms with Gasteiger partial charge in [0.2, 0.25) is 0 Å². The van der Waals surface area contributed by atoms with Crippen molar-refractivity contribution in [2.24, 2.45) is 5.73 Å². The van der Waals surface area contributed by atoms with E-state index in [1.54, 1.807) is 13.0 Å². The van der Waals surface area contributed by atoms with Gasteiger partial charge in [0, 0.05) is 24.7 Å². The van der Waals surface area contributed by atoms with Crippen molar-refractivity contribution in [2.45, 2.75) is 38.8 Å². The molecule has 0 spiro atoms. The van der Waals surface area contributed by atoms with Crippen molar-refractivity contribution in [2.75, 3.05) is 20.1 Å². The van der Waals surface area contributed by atoms with Gasteiger partial charge in [0.05, 0.1) is 0 Å². The molecule has 0 radical (unpaired) electrons. The van der Waals surface area contributed by atoms with Crippen LogP contribution in [0.1, 0.15) is 36.9 Å². The second-order valence-corrected chi connectivity index (χ2v) is 5.55. The van der Waals surface area contributed by atoms with Crippen molar-refractivity contribution in [1.29, 1.82) is 0 Å². The van der Waals surface area contributed by atoms with E-state index < -0.39 is 0 Å². The van der Waals surface area contributed by atoms with Crippen LogP contribution in [0.2, 0.25) is 0 Å². The maximum Gasteiger partial charge on any atom is 0.126 e. The van der Waals surface area contributed by atoms with Gasteiger partial charge >= 0.3 is 0 Å². The third-order valence-corrected chi connectivity index (χ3v) is 3.74. The van der Waals surface area contributed by atoms with Crippen molar-refractivity contribution in [3.63, 3.8) is 0 Å². The molecule has 0 amide bonds. The summed E-state index contributed by atoms with van der Waals surface area (Å²) in [6, 6.07) is 3.05. The van der Waals surface area contributed by atoms with E-state index in [1.807, 2.05) is 6.92 Å². The van der Waals surface area contributed by atoms with E-state index in [0.29, 0.717) is 5.56 Å². The molecular weight excluding hydrogens is 243 g/mol. The molecule has 19 heavy (non-hydrogen) atoms. The lowest BCUT2D eigenvalue weighted by molar-refractivity contribution is 0.113. The number of rotatable bonds is 3. The number of nitrogens with zero attached hydrogens (tertiary/aromatic N) is 1. The van der Waals surface area contributed by atoms with E-state index in [9.17, 15) is 4.39 Å². The molecule has 0 bridgehead atoms. The van der Waals surface area contributed by atoms with Crippen LogP contribution in [0.3, 0.4) is 0 Å². The van der Waals surface area contributed by atoms with Crippen molar-refractivity contribution in [3.05, 3.63) is 29.1 Å². The average Bonchev–Trinajstić information content (AvgIpc) is 2.36. The number of hydrogen-bond donors (Lipinski definition) is 1. The second kappa shape index (κ2) is 5.88. The molecule has 2 N–H and O–H groups in total. The summed E-state index contributed by atoms with van der Waals surface area (Å²) in [6.07, 6.45) is 2.22. The molecule has 1 fully saturated rings. The first-order valence-corrected chi connectivity index (χ1v) is 6.88. The molecule has 1 heterocycles. The minimum atomic E-state index is -0.226. The van der Waals surface area contributed by atoms with Crippen molar-refractivity contribution >= 4 is 0 Å². The van der Waals surface area contributed by atoms with E-state index in [1.165, 1.54) is 6.07 Å². The molecule has 1 aromatic carbocycles. The van der Waals surface area contributed by atoms with Crippen LogP contribution in [0.15, 0.2) is 12.1 Å². The number of likely N-dealkylation sites (tertiary alicyclic amines) is 1. The molecule has 4 heteroatoms. The average molecular weight is 266 g/mol. The smallest absolute Gasteiger partial charge is 0.126 e. The molecule has 0 aromatic heterocycles. The SMILES string of the molecule is Cc1cc(OC2CCN(C)CC2)c(C(C)N)cc1F. The molecule has 1 aromatic rings. The Labute approximate surface area is 114 Å². The predicted molar refractivity (Wildman–Crippen MR) is 74.9 cm³/mol. The first-order chi connectivity index (χ1) is 8.97. The van der Waals surface area contributed by atoms with Gasteiger partial charge in [-0.25, -0.2) is 4.39 Å². The molecule has 1 aliphatic heterocycles. The number of ether oxygens (including phenoxy) is 1. The van der Waals surface area contributed by atoms with Gasteiger partial charge in [-0.2, -0.15) is 0 Å². The summed E-state index contributed by atoms with van der Waals surface area (Å²) in [7, 11) is 2.12. The quantitative estimate of drug-likeness (QED) is 0.914. The van der Waals surface area contributed by atoms with Crippen LogP contribution in [0.25, 0.3) is 0 Å². The molecule has 1 saturated heterocycles. The normalized spacial score (nSPS) is 19.4. The van der Waals surface area contributed by atoms with Crippen LogP contribution in [-0.2, 0) is 0 Å². The summed E-state index contributed by atoms with van der Waals surface area (Å²) >= 11 is 0. The highest BCUT2D eigenvalue weighted by atomic mass is 19.1. The van der Waals surface area contributed by atoms with Gasteiger partial charge in [-0.15, -0.1) is 0 Å². The highest BCUT2D eigenvalue weighted by Crippen LogP contribution is 2.29. The lowest BCUT2D eigenvalue weighted by Gasteiger charge is -2.30. The molecule has 1 aliphatic rings. The lowest BCUT2D eigenvalue weighted by atomic mass is 10.0. The highest BCUT2D eigenvalue weighted by molar-refractivity contribution is 5.40. The summed E-state index contributed by atoms with van der Waals surface area (Å²) < 4.78 is 19.7. The van der Waals surface area contributed by atoms with Crippen LogP contribution >= 0.6 is 0 Å². The minimum Gasteiger partial charge on any atom is -0.490 e. The number of hydrogen-bond acceptors (Lipinski definition) is 3. The minimum absolute atomic E-state index is 0.207. The Hall–Kier alpha value is -1.13. The van der Waals surface area contributed by atoms with Gasteiger partial charge in [0.1, 0.15) is 17.7 Å². The first-order valence-electron chi connectivity index (χ1n) is 6.88. The number of aryl methyl sites for hydroxylation is 1. The van der Waals surface area contributed by atoms with Gasteiger partial charge in [-0.3, -0.25) is 0 Å². The summed E-state index contributed by atoms with van der Waals surface area (Å²) in [6.45, 7) is 5.68. The standard InChI is InChI=1S/C15H23FN2O/c1-10-8-15(13(11(2)17)9-14(10)16)19-12-4-6-18(3)7-5-12/h8-9,11-12H,4-7,17H2,1-3H3. The molecule has 0 aliphatic carbocycles. The van der Waals surface area contributed by atoms with E-state index in [2.05, 4.69) is 11.9 Å². The topological polar surface area (TPSA) is 38.5 Å². The monoisotopic (exact) mass is 266 g/mol. The van der Waals surface area contributed by atoms with E-state index in [0.717, 1.165) is 37.2 Å². The fourth-order valence-electron chi connectivity index (χ4n) is 2.41. The highest BCUT2D eigenvalue weighted by Gasteiger charge is 2.20. The molecular formula is C15H23FN2O. The van der Waals surface area contributed by atoms with Crippen LogP contribution in [0.4, 0.5) is 4.39 Å². The van der Waals surface area contributed by atoms with Crippen molar-refractivity contribution in [3.8, 4) is 5.75 Å². The van der Waals surface area contributed by atoms with Gasteiger partial charge < -0.3 is 15.4 Å². The maximum absolute atomic E-state index is 13.6. The zero-order chi connectivity index (χ0) is 14.0. The first kappa shape index (κ1) is 14.3. The Balaban J connectivity index is 2.17. The van der Waals surface area contributed by atoms with Crippen LogP contribution in [-0.4, -0.2) is 31.1 Å². The Kier molecular flexibility index (Phi) is 4.42. The maximum atomic E-state index is 13.6. The van der Waals surface area contributed by atoms with Crippen LogP contribution < -0.4 is 10.5 Å². The van der Waals surface area contributed by atoms with Gasteiger partial charge in [-0.05, 0) is 51.4 Å². The zero-order valence-electron chi connectivity index (χ0n) is 11.9. The molecule has 1 unspecified atom stereocenters. The third kappa shape index (κ3) is 3.45. The fourth-order valence-corrected chi connectivity index (χ4v) is 2.41. The molecule has 3 nitrogen and oxygen atoms in total. The lowest BCUT2D eigenvalue weighted by Crippen LogP contribution is -2.35. The summed E-state index contributed by atoms with van der Waals surface area (Å²) in [5, 5.41) is 0. The fraction of sp³-hybridized carbons (Fsp3) is 0.600. The Morgan fingerprint density at radius 1 is 1.37 bits per heavy atom. The van der Waals surface area contributed by atoms with Crippen molar-refractivity contribution < 1.29 is 9.13 Å². The molecule has 1 atom stereocenters. The Morgan fingerprint density at radius 2 is 2.00 bits per heavy atom. The van der Waals surface area contributed by atoms with Gasteiger partial charge in [0.25, 0.3) is 0 Å². The molecule has 0 saturated carbocycles. The Bertz CT molecular complexity index is 440. The Morgan fingerprint density at radius 3 is 2.58 bits per heavy atom. The van der Waals surface area contributed by atoms with Gasteiger partial charge in [0.15, 0.2) is 0 Å². The van der Waals surface area contributed by atoms with E-state index in [-0.39, 0.29) is 18.0 Å². The van der Waals surface area contributed by atoms with Crippen molar-refractivity contribution in [1.82, 2.24) is 4.90 Å². The summed E-state index contributed by atoms with van der Waals surface area (Å²) in [5.74, 6) is 0.520. The number of piperidine rings is 1. The molecule has 106 valence electrons. The van der Waals surface area contributed by atoms with Crippen LogP contribution in [0.5, 0.6) is 5.75 Å². The zero-order valence-corrected chi connectivity index (χ0v) is 11.9. The third-order valence-electron chi connectivity index (χ3n) is 3.74. The van der Waals surface area contributed by atoms with E-state index in [4.69, 9.17) is 10.5 Å². The second-order valence-electron chi connectivity index (χ2n) is 5.55. The summed E-state index contributed by atoms with van der Waals surface area (Å²) in [5.41, 5.74) is 7.26. The number of halogens is 1. The van der Waals surface area contributed by atoms with Gasteiger partial charge in [-0.1, -0.05) is 0 Å². The number of benzene rings is 1. The largest absolute Gasteiger partial charge is 0.490 e. The number of nitrogens with two attached hydrogens (primary N) is 1. The van der Waals surface area contributed by atoms with E-state index >= 15 is 0 Å². The molecule has 2 rings (SSSR count). The predicted octanol–water partition coefficient (Wildman–Crippen LogP) is 2.63. The van der Waals surface area contributed by atoms with Crippen LogP contribution in [0, 0.1) is 12.7 Å². The summed E-state index contributed by atoms with van der Waals surface area (Å²) in [4.78, 5) is 2.29.